The van der Waals surface area contributed by atoms with Crippen LogP contribution in [0.25, 0.3) is 16.7 Å². The second kappa shape index (κ2) is 5.70. The first-order chi connectivity index (χ1) is 11.3. The molecule has 4 rings (SSSR count). The molecule has 0 aliphatic rings. The number of benzene rings is 2. The van der Waals surface area contributed by atoms with Crippen molar-refractivity contribution in [3.8, 4) is 5.69 Å². The second-order valence-corrected chi connectivity index (χ2v) is 5.30. The van der Waals surface area contributed by atoms with E-state index in [0.717, 1.165) is 16.8 Å². The largest absolute Gasteiger partial charge is 0.339 e. The van der Waals surface area contributed by atoms with Gasteiger partial charge in [0.25, 0.3) is 0 Å². The number of hydrogen-bond acceptors (Lipinski definition) is 4. The van der Waals surface area contributed by atoms with Gasteiger partial charge in [0.05, 0.1) is 17.3 Å². The first kappa shape index (κ1) is 13.7. The van der Waals surface area contributed by atoms with Crippen LogP contribution < -0.4 is 5.32 Å². The van der Waals surface area contributed by atoms with E-state index < -0.39 is 0 Å². The fraction of sp³-hybridized carbons (Fsp3) is 0. The lowest BCUT2D eigenvalue weighted by atomic mass is 10.3. The van der Waals surface area contributed by atoms with Crippen molar-refractivity contribution < 1.29 is 0 Å². The van der Waals surface area contributed by atoms with Crippen molar-refractivity contribution in [1.82, 2.24) is 19.7 Å². The highest BCUT2D eigenvalue weighted by atomic mass is 35.5. The van der Waals surface area contributed by atoms with E-state index in [2.05, 4.69) is 20.4 Å². The molecule has 0 fully saturated rings. The maximum atomic E-state index is 6.10. The fourth-order valence-electron chi connectivity index (χ4n) is 2.39. The van der Waals surface area contributed by atoms with Crippen molar-refractivity contribution in [3.63, 3.8) is 0 Å². The average molecular weight is 322 g/mol. The molecular formula is C17H12ClN5. The number of para-hydroxylation sites is 2. The SMILES string of the molecule is Clc1nc(Nc2ccccc2)c2cnn(-c3ccccc3)c2n1. The van der Waals surface area contributed by atoms with Crippen LogP contribution in [0, 0.1) is 0 Å². The predicted octanol–water partition coefficient (Wildman–Crippen LogP) is 4.21. The van der Waals surface area contributed by atoms with Gasteiger partial charge in [-0.3, -0.25) is 0 Å². The van der Waals surface area contributed by atoms with Crippen LogP contribution in [0.4, 0.5) is 11.5 Å². The molecule has 0 aliphatic carbocycles. The molecule has 6 heteroatoms. The summed E-state index contributed by atoms with van der Waals surface area (Å²) in [6.07, 6.45) is 1.74. The molecule has 0 aliphatic heterocycles. The van der Waals surface area contributed by atoms with Gasteiger partial charge in [-0.05, 0) is 35.9 Å². The zero-order valence-electron chi connectivity index (χ0n) is 12.0. The quantitative estimate of drug-likeness (QED) is 0.574. The number of fused-ring (bicyclic) bond motifs is 1. The third-order valence-electron chi connectivity index (χ3n) is 3.44. The number of anilines is 2. The van der Waals surface area contributed by atoms with Gasteiger partial charge in [-0.2, -0.15) is 15.1 Å². The molecule has 0 radical (unpaired) electrons. The summed E-state index contributed by atoms with van der Waals surface area (Å²) in [5.41, 5.74) is 2.51. The highest BCUT2D eigenvalue weighted by molar-refractivity contribution is 6.28. The van der Waals surface area contributed by atoms with Crippen molar-refractivity contribution in [1.29, 1.82) is 0 Å². The van der Waals surface area contributed by atoms with E-state index >= 15 is 0 Å². The van der Waals surface area contributed by atoms with Gasteiger partial charge in [-0.15, -0.1) is 0 Å². The standard InChI is InChI=1S/C17H12ClN5/c18-17-21-15(20-12-7-3-1-4-8-12)14-11-19-23(16(14)22-17)13-9-5-2-6-10-13/h1-11H,(H,20,21,22). The van der Waals surface area contributed by atoms with E-state index in [4.69, 9.17) is 11.6 Å². The summed E-state index contributed by atoms with van der Waals surface area (Å²) in [5, 5.41) is 8.67. The summed E-state index contributed by atoms with van der Waals surface area (Å²) in [6.45, 7) is 0. The Hall–Kier alpha value is -2.92. The monoisotopic (exact) mass is 321 g/mol. The van der Waals surface area contributed by atoms with Crippen molar-refractivity contribution >= 4 is 34.1 Å². The minimum atomic E-state index is 0.175. The zero-order valence-corrected chi connectivity index (χ0v) is 12.8. The van der Waals surface area contributed by atoms with Crippen LogP contribution in [0.1, 0.15) is 0 Å². The number of halogens is 1. The summed E-state index contributed by atoms with van der Waals surface area (Å²) in [7, 11) is 0. The molecule has 0 saturated heterocycles. The molecule has 0 saturated carbocycles. The Kier molecular flexibility index (Phi) is 3.40. The summed E-state index contributed by atoms with van der Waals surface area (Å²) in [6, 6.07) is 19.6. The second-order valence-electron chi connectivity index (χ2n) is 4.96. The Morgan fingerprint density at radius 1 is 0.870 bits per heavy atom. The summed E-state index contributed by atoms with van der Waals surface area (Å²) >= 11 is 6.10. The van der Waals surface area contributed by atoms with Gasteiger partial charge in [-0.1, -0.05) is 36.4 Å². The summed E-state index contributed by atoms with van der Waals surface area (Å²) < 4.78 is 1.75. The van der Waals surface area contributed by atoms with Crippen molar-refractivity contribution in [2.75, 3.05) is 5.32 Å². The molecule has 0 bridgehead atoms. The Labute approximate surface area is 137 Å². The summed E-state index contributed by atoms with van der Waals surface area (Å²) in [5.74, 6) is 0.633. The van der Waals surface area contributed by atoms with E-state index in [0.29, 0.717) is 11.5 Å². The summed E-state index contributed by atoms with van der Waals surface area (Å²) in [4.78, 5) is 8.62. The number of hydrogen-bond donors (Lipinski definition) is 1. The van der Waals surface area contributed by atoms with Gasteiger partial charge in [0.2, 0.25) is 5.28 Å². The van der Waals surface area contributed by atoms with Gasteiger partial charge in [0.15, 0.2) is 5.65 Å². The van der Waals surface area contributed by atoms with Crippen LogP contribution >= 0.6 is 11.6 Å². The minimum absolute atomic E-state index is 0.175. The molecule has 0 spiro atoms. The van der Waals surface area contributed by atoms with Gasteiger partial charge >= 0.3 is 0 Å². The third kappa shape index (κ3) is 2.62. The minimum Gasteiger partial charge on any atom is -0.339 e. The molecule has 2 aromatic heterocycles. The Morgan fingerprint density at radius 3 is 2.30 bits per heavy atom. The lowest BCUT2D eigenvalue weighted by Gasteiger charge is -2.07. The molecule has 112 valence electrons. The van der Waals surface area contributed by atoms with Crippen LogP contribution in [-0.4, -0.2) is 19.7 Å². The van der Waals surface area contributed by atoms with Crippen molar-refractivity contribution in [2.45, 2.75) is 0 Å². The van der Waals surface area contributed by atoms with Gasteiger partial charge in [-0.25, -0.2) is 4.68 Å². The third-order valence-corrected chi connectivity index (χ3v) is 3.61. The number of rotatable bonds is 3. The molecule has 4 aromatic rings. The van der Waals surface area contributed by atoms with Crippen LogP contribution in [0.15, 0.2) is 66.9 Å². The molecule has 2 heterocycles. The van der Waals surface area contributed by atoms with E-state index in [1.165, 1.54) is 0 Å². The van der Waals surface area contributed by atoms with Gasteiger partial charge in [0, 0.05) is 5.69 Å². The molecular weight excluding hydrogens is 310 g/mol. The average Bonchev–Trinajstić information content (AvgIpc) is 3.00. The topological polar surface area (TPSA) is 55.6 Å². The molecule has 5 nitrogen and oxygen atoms in total. The van der Waals surface area contributed by atoms with Crippen LogP contribution in [0.3, 0.4) is 0 Å². The molecule has 0 atom stereocenters. The lowest BCUT2D eigenvalue weighted by Crippen LogP contribution is -2.00. The Balaban J connectivity index is 1.85. The number of aromatic nitrogens is 4. The molecule has 1 N–H and O–H groups in total. The Morgan fingerprint density at radius 2 is 1.57 bits per heavy atom. The molecule has 2 aromatic carbocycles. The van der Waals surface area contributed by atoms with Gasteiger partial charge in [0.1, 0.15) is 5.82 Å². The highest BCUT2D eigenvalue weighted by Crippen LogP contribution is 2.26. The smallest absolute Gasteiger partial charge is 0.226 e. The van der Waals surface area contributed by atoms with E-state index in [1.54, 1.807) is 10.9 Å². The van der Waals surface area contributed by atoms with Crippen molar-refractivity contribution in [2.24, 2.45) is 0 Å². The lowest BCUT2D eigenvalue weighted by molar-refractivity contribution is 0.895. The fourth-order valence-corrected chi connectivity index (χ4v) is 2.56. The predicted molar refractivity (Wildman–Crippen MR) is 91.4 cm³/mol. The van der Waals surface area contributed by atoms with Crippen LogP contribution in [0.2, 0.25) is 5.28 Å². The van der Waals surface area contributed by atoms with Crippen LogP contribution in [0.5, 0.6) is 0 Å². The number of nitrogens with zero attached hydrogens (tertiary/aromatic N) is 4. The molecule has 0 unspecified atom stereocenters. The molecule has 23 heavy (non-hydrogen) atoms. The van der Waals surface area contributed by atoms with E-state index in [-0.39, 0.29) is 5.28 Å². The van der Waals surface area contributed by atoms with E-state index in [1.807, 2.05) is 60.7 Å². The zero-order chi connectivity index (χ0) is 15.6. The first-order valence-corrected chi connectivity index (χ1v) is 7.48. The first-order valence-electron chi connectivity index (χ1n) is 7.10. The Bertz CT molecular complexity index is 951. The van der Waals surface area contributed by atoms with Gasteiger partial charge < -0.3 is 5.32 Å². The maximum Gasteiger partial charge on any atom is 0.226 e. The number of nitrogens with one attached hydrogen (secondary N) is 1. The van der Waals surface area contributed by atoms with Crippen molar-refractivity contribution in [3.05, 3.63) is 72.1 Å². The van der Waals surface area contributed by atoms with Crippen LogP contribution in [-0.2, 0) is 0 Å². The maximum absolute atomic E-state index is 6.10. The highest BCUT2D eigenvalue weighted by Gasteiger charge is 2.13. The molecule has 0 amide bonds. The normalized spacial score (nSPS) is 10.8. The van der Waals surface area contributed by atoms with E-state index in [9.17, 15) is 0 Å².